The Labute approximate surface area is 345 Å². The van der Waals surface area contributed by atoms with Gasteiger partial charge < -0.3 is 39.0 Å². The van der Waals surface area contributed by atoms with Crippen LogP contribution >= 0.6 is 11.3 Å². The number of aromatic nitrogens is 2. The van der Waals surface area contributed by atoms with Crippen molar-refractivity contribution in [2.24, 2.45) is 29.1 Å². The summed E-state index contributed by atoms with van der Waals surface area (Å²) in [5.41, 5.74) is -3.88. The molecule has 4 saturated heterocycles. The first kappa shape index (κ1) is 43.9. The Morgan fingerprint density at radius 3 is 2.43 bits per heavy atom. The van der Waals surface area contributed by atoms with Crippen LogP contribution in [0.15, 0.2) is 30.6 Å². The highest BCUT2D eigenvalue weighted by atomic mass is 32.1. The molecular weight excluding hydrogens is 765 g/mol. The van der Waals surface area contributed by atoms with E-state index in [0.29, 0.717) is 12.2 Å². The third kappa shape index (κ3) is 8.26. The minimum atomic E-state index is -1.42. The van der Waals surface area contributed by atoms with Gasteiger partial charge in [0.05, 0.1) is 27.6 Å². The number of carbonyl (C=O) groups excluding carboxylic acids is 4. The summed E-state index contributed by atoms with van der Waals surface area (Å²) in [6, 6.07) is 4.42. The highest BCUT2D eigenvalue weighted by molar-refractivity contribution is 7.15. The molecule has 6 heterocycles. The number of nitrogens with one attached hydrogen (secondary N) is 1. The van der Waals surface area contributed by atoms with Crippen LogP contribution in [-0.2, 0) is 42.9 Å². The summed E-state index contributed by atoms with van der Waals surface area (Å²) in [4.78, 5) is 69.0. The first-order valence-electron chi connectivity index (χ1n) is 20.2. The zero-order valence-electron chi connectivity index (χ0n) is 35.1. The van der Waals surface area contributed by atoms with Gasteiger partial charge in [-0.05, 0) is 79.3 Å². The van der Waals surface area contributed by atoms with Gasteiger partial charge in [0.15, 0.2) is 23.5 Å². The normalized spacial score (nSPS) is 39.7. The van der Waals surface area contributed by atoms with Crippen LogP contribution < -0.4 is 5.32 Å². The molecule has 3 unspecified atom stereocenters. The van der Waals surface area contributed by atoms with Crippen molar-refractivity contribution < 1.29 is 48.0 Å². The molecule has 0 saturated carbocycles. The number of cyclic esters (lactones) is 1. The SMILES string of the molecule is CC[C@@H]1OC(=O)[C@H](C)C(=O)[C@H](C)[C@@H](O[C@@H]2O[C@H](C)C[C@H](N(C)C)[C@H]2O)[C@@](C)(OCC#Cc2ccc(-c3ncccn3)s2)C[C@@H](C)C(=O)C2(C)CNC3C(=O)O[C@@]1(C)C32. The molecule has 15 heteroatoms. The van der Waals surface area contributed by atoms with E-state index in [-0.39, 0.29) is 43.9 Å². The molecule has 4 aliphatic heterocycles. The van der Waals surface area contributed by atoms with Crippen molar-refractivity contribution in [1.29, 1.82) is 0 Å². The Bertz CT molecular complexity index is 1920. The largest absolute Gasteiger partial charge is 0.458 e. The Morgan fingerprint density at radius 2 is 1.76 bits per heavy atom. The molecule has 4 fully saturated rings. The number of hydrogen-bond donors (Lipinski definition) is 2. The molecule has 6 rings (SSSR count). The Balaban J connectivity index is 1.41. The predicted molar refractivity (Wildman–Crippen MR) is 214 cm³/mol. The minimum absolute atomic E-state index is 0.0638. The minimum Gasteiger partial charge on any atom is -0.458 e. The van der Waals surface area contributed by atoms with Crippen molar-refractivity contribution in [3.8, 4) is 22.5 Å². The van der Waals surface area contributed by atoms with Gasteiger partial charge in [0.2, 0.25) is 0 Å². The Kier molecular flexibility index (Phi) is 13.0. The smallest absolute Gasteiger partial charge is 0.324 e. The molecule has 0 spiro atoms. The highest BCUT2D eigenvalue weighted by Crippen LogP contribution is 2.53. The van der Waals surface area contributed by atoms with E-state index in [4.69, 9.17) is 23.7 Å². The second-order valence-electron chi connectivity index (χ2n) is 17.3. The highest BCUT2D eigenvalue weighted by Gasteiger charge is 2.69. The summed E-state index contributed by atoms with van der Waals surface area (Å²) < 4.78 is 31.8. The summed E-state index contributed by atoms with van der Waals surface area (Å²) >= 11 is 1.43. The molecule has 0 bridgehead atoms. The number of hydrogen-bond acceptors (Lipinski definition) is 15. The van der Waals surface area contributed by atoms with Crippen molar-refractivity contribution in [3.63, 3.8) is 0 Å². The van der Waals surface area contributed by atoms with Crippen LogP contribution in [0.4, 0.5) is 0 Å². The molecule has 14 nitrogen and oxygen atoms in total. The number of likely N-dealkylation sites (N-methyl/N-ethyl adjacent to an activating group) is 1. The Hall–Kier alpha value is -3.62. The van der Waals surface area contributed by atoms with Gasteiger partial charge >= 0.3 is 11.9 Å². The summed E-state index contributed by atoms with van der Waals surface area (Å²) in [6.45, 7) is 14.1. The van der Waals surface area contributed by atoms with Crippen LogP contribution in [-0.4, -0.2) is 125 Å². The fourth-order valence-corrected chi connectivity index (χ4v) is 10.7. The zero-order valence-corrected chi connectivity index (χ0v) is 36.0. The number of aliphatic hydroxyl groups excluding tert-OH is 1. The van der Waals surface area contributed by atoms with E-state index >= 15 is 0 Å². The molecule has 14 atom stereocenters. The fraction of sp³-hybridized carbons (Fsp3) is 0.674. The number of Topliss-reactive ketones (excluding diaryl/α,β-unsaturated/α-hetero) is 2. The van der Waals surface area contributed by atoms with Crippen molar-refractivity contribution in [3.05, 3.63) is 35.5 Å². The molecule has 316 valence electrons. The fourth-order valence-electron chi connectivity index (χ4n) is 9.84. The molecule has 4 aliphatic rings. The molecule has 0 radical (unpaired) electrons. The van der Waals surface area contributed by atoms with Crippen molar-refractivity contribution in [2.45, 2.75) is 129 Å². The zero-order chi connectivity index (χ0) is 42.3. The number of carbonyl (C=O) groups is 4. The Morgan fingerprint density at radius 1 is 1.05 bits per heavy atom. The monoisotopic (exact) mass is 822 g/mol. The van der Waals surface area contributed by atoms with E-state index in [2.05, 4.69) is 27.1 Å². The summed E-state index contributed by atoms with van der Waals surface area (Å²) in [6.07, 6.45) is -0.397. The number of nitrogens with zero attached hydrogens (tertiary/aromatic N) is 3. The average Bonchev–Trinajstić information content (AvgIpc) is 3.89. The van der Waals surface area contributed by atoms with Gasteiger partial charge in [-0.25, -0.2) is 9.97 Å². The second kappa shape index (κ2) is 17.2. The lowest BCUT2D eigenvalue weighted by atomic mass is 9.62. The van der Waals surface area contributed by atoms with Crippen LogP contribution in [0.5, 0.6) is 0 Å². The predicted octanol–water partition coefficient (Wildman–Crippen LogP) is 3.82. The first-order chi connectivity index (χ1) is 27.3. The lowest BCUT2D eigenvalue weighted by Crippen LogP contribution is -2.60. The van der Waals surface area contributed by atoms with Crippen LogP contribution in [0.1, 0.15) is 79.5 Å². The second-order valence-corrected chi connectivity index (χ2v) is 18.4. The van der Waals surface area contributed by atoms with Crippen molar-refractivity contribution in [1.82, 2.24) is 20.2 Å². The van der Waals surface area contributed by atoms with Gasteiger partial charge in [-0.1, -0.05) is 39.5 Å². The van der Waals surface area contributed by atoms with E-state index in [9.17, 15) is 24.3 Å². The van der Waals surface area contributed by atoms with E-state index < -0.39 is 88.7 Å². The molecule has 58 heavy (non-hydrogen) atoms. The molecule has 2 aromatic rings. The van der Waals surface area contributed by atoms with Crippen LogP contribution in [0.2, 0.25) is 0 Å². The quantitative estimate of drug-likeness (QED) is 0.234. The van der Waals surface area contributed by atoms with Gasteiger partial charge in [0.1, 0.15) is 36.6 Å². The number of ketones is 2. The van der Waals surface area contributed by atoms with Gasteiger partial charge in [0.25, 0.3) is 0 Å². The van der Waals surface area contributed by atoms with Gasteiger partial charge in [0, 0.05) is 48.1 Å². The molecule has 2 aromatic heterocycles. The maximum Gasteiger partial charge on any atom is 0.324 e. The summed E-state index contributed by atoms with van der Waals surface area (Å²) in [5.74, 6) is 1.27. The lowest BCUT2D eigenvalue weighted by molar-refractivity contribution is -0.296. The van der Waals surface area contributed by atoms with E-state index in [1.807, 2.05) is 58.8 Å². The summed E-state index contributed by atoms with van der Waals surface area (Å²) in [7, 11) is 3.74. The number of aliphatic hydroxyl groups is 1. The lowest BCUT2D eigenvalue weighted by Gasteiger charge is -2.47. The molecular formula is C43H58N4O10S. The maximum atomic E-state index is 15.0. The molecule has 0 aromatic carbocycles. The topological polar surface area (TPSA) is 176 Å². The number of ether oxygens (including phenoxy) is 5. The number of thiophene rings is 1. The summed E-state index contributed by atoms with van der Waals surface area (Å²) in [5, 5.41) is 14.9. The average molecular weight is 823 g/mol. The van der Waals surface area contributed by atoms with E-state index in [0.717, 1.165) is 9.75 Å². The van der Waals surface area contributed by atoms with Crippen molar-refractivity contribution >= 4 is 34.8 Å². The van der Waals surface area contributed by atoms with Crippen LogP contribution in [0, 0.1) is 40.9 Å². The van der Waals surface area contributed by atoms with Gasteiger partial charge in [-0.15, -0.1) is 11.3 Å². The third-order valence-corrected chi connectivity index (χ3v) is 13.8. The standard InChI is InChI=1S/C43H58N4O10S/c1-11-30-43(8)34-31(39(52)57-43)46-22-41(34,6)35(50)23(2)21-42(7,53-19-12-14-27-15-16-29(58-27)37-44-17-13-18-45-37)36(25(4)32(48)26(5)38(51)55-30)56-40-33(49)28(47(9)10)20-24(3)54-40/h13,15-18,23-26,28,30-31,33-34,36,40,46,49H,11,19-22H2,1-10H3/t23-,24-,25+,26-,28+,30+,31?,33-,34?,36-,40+,41?,42+,43-/m1/s1. The van der Waals surface area contributed by atoms with Crippen LogP contribution in [0.25, 0.3) is 10.7 Å². The number of esters is 2. The first-order valence-corrected chi connectivity index (χ1v) is 21.1. The van der Waals surface area contributed by atoms with Crippen LogP contribution in [0.3, 0.4) is 0 Å². The number of rotatable bonds is 7. The maximum absolute atomic E-state index is 15.0. The molecule has 0 amide bonds. The van der Waals surface area contributed by atoms with Crippen molar-refractivity contribution in [2.75, 3.05) is 27.2 Å². The van der Waals surface area contributed by atoms with E-state index in [1.54, 1.807) is 39.2 Å². The van der Waals surface area contributed by atoms with Gasteiger partial charge in [-0.3, -0.25) is 19.2 Å². The molecule has 2 N–H and O–H groups in total. The molecule has 0 aliphatic carbocycles. The van der Waals surface area contributed by atoms with E-state index in [1.165, 1.54) is 18.3 Å². The van der Waals surface area contributed by atoms with Gasteiger partial charge in [-0.2, -0.15) is 0 Å². The third-order valence-electron chi connectivity index (χ3n) is 12.8.